The van der Waals surface area contributed by atoms with Crippen LogP contribution in [-0.4, -0.2) is 5.54 Å². The second kappa shape index (κ2) is 3.82. The zero-order valence-electron chi connectivity index (χ0n) is 14.3. The molecular formula is C23H18NS+. The Morgan fingerprint density at radius 1 is 1.00 bits per heavy atom. The van der Waals surface area contributed by atoms with Crippen LogP contribution >= 0.6 is 11.3 Å². The van der Waals surface area contributed by atoms with E-state index in [-0.39, 0.29) is 0 Å². The number of quaternary nitrogens is 1. The highest BCUT2D eigenvalue weighted by molar-refractivity contribution is 7.25. The third-order valence-corrected chi connectivity index (χ3v) is 7.89. The molecule has 1 spiro atoms. The van der Waals surface area contributed by atoms with E-state index in [4.69, 9.17) is 0 Å². The van der Waals surface area contributed by atoms with Gasteiger partial charge in [0, 0.05) is 31.8 Å². The highest BCUT2D eigenvalue weighted by atomic mass is 32.1. The summed E-state index contributed by atoms with van der Waals surface area (Å²) in [5.41, 5.74) is 7.81. The minimum absolute atomic E-state index is 0.298. The van der Waals surface area contributed by atoms with Crippen molar-refractivity contribution >= 4 is 31.5 Å². The number of nitrogens with one attached hydrogen (secondary N) is 1. The lowest BCUT2D eigenvalue weighted by molar-refractivity contribution is -0.804. The molecule has 25 heavy (non-hydrogen) atoms. The van der Waals surface area contributed by atoms with E-state index < -0.39 is 0 Å². The molecule has 7 rings (SSSR count). The lowest BCUT2D eigenvalue weighted by atomic mass is 9.71. The van der Waals surface area contributed by atoms with Crippen LogP contribution in [0.1, 0.15) is 35.6 Å². The van der Waals surface area contributed by atoms with Gasteiger partial charge >= 0.3 is 0 Å². The Balaban J connectivity index is 1.58. The Labute approximate surface area is 150 Å². The highest BCUT2D eigenvalue weighted by Crippen LogP contribution is 2.56. The molecule has 3 aromatic rings. The standard InChI is InChI=1S/C23H17NS/c1-12-3-4-14-17-10-16-15(11-21(17)25-20(14)8-12)18-5-6-23(18)22-9-13(2)7-19(16)24(22)23/h3-11,18-19H,1-2H3/p+1. The summed E-state index contributed by atoms with van der Waals surface area (Å²) in [6, 6.07) is 12.4. The van der Waals surface area contributed by atoms with Crippen LogP contribution in [0.3, 0.4) is 0 Å². The van der Waals surface area contributed by atoms with Crippen molar-refractivity contribution in [3.63, 3.8) is 0 Å². The molecule has 0 amide bonds. The van der Waals surface area contributed by atoms with Gasteiger partial charge < -0.3 is 0 Å². The van der Waals surface area contributed by atoms with E-state index in [2.05, 4.69) is 68.5 Å². The fourth-order valence-corrected chi connectivity index (χ4v) is 6.83. The second-order valence-corrected chi connectivity index (χ2v) is 9.23. The number of hydrogen-bond donors (Lipinski definition) is 1. The first kappa shape index (κ1) is 13.1. The van der Waals surface area contributed by atoms with Crippen molar-refractivity contribution in [2.24, 2.45) is 0 Å². The van der Waals surface area contributed by atoms with Crippen LogP contribution in [0.25, 0.3) is 20.2 Å². The van der Waals surface area contributed by atoms with Crippen LogP contribution in [0, 0.1) is 6.92 Å². The third-order valence-electron chi connectivity index (χ3n) is 6.78. The minimum atomic E-state index is 0.298. The molecule has 4 unspecified atom stereocenters. The smallest absolute Gasteiger partial charge is 0.206 e. The lowest BCUT2D eigenvalue weighted by Gasteiger charge is -2.34. The average molecular weight is 340 g/mol. The van der Waals surface area contributed by atoms with E-state index >= 15 is 0 Å². The Bertz CT molecular complexity index is 1240. The number of benzene rings is 2. The first-order chi connectivity index (χ1) is 12.2. The molecule has 120 valence electrons. The molecule has 1 nitrogen and oxygen atoms in total. The summed E-state index contributed by atoms with van der Waals surface area (Å²) in [6.07, 6.45) is 9.80. The predicted octanol–water partition coefficient (Wildman–Crippen LogP) is 4.55. The summed E-state index contributed by atoms with van der Waals surface area (Å²) >= 11 is 1.95. The zero-order valence-corrected chi connectivity index (χ0v) is 15.1. The first-order valence-electron chi connectivity index (χ1n) is 9.11. The summed E-state index contributed by atoms with van der Waals surface area (Å²) in [4.78, 5) is 1.69. The summed E-state index contributed by atoms with van der Waals surface area (Å²) in [5.74, 6) is 0.579. The van der Waals surface area contributed by atoms with Gasteiger partial charge in [0.1, 0.15) is 6.04 Å². The maximum atomic E-state index is 2.51. The van der Waals surface area contributed by atoms with Gasteiger partial charge in [-0.2, -0.15) is 0 Å². The van der Waals surface area contributed by atoms with Gasteiger partial charge in [0.2, 0.25) is 5.54 Å². The first-order valence-corrected chi connectivity index (χ1v) is 9.93. The van der Waals surface area contributed by atoms with E-state index in [1.54, 1.807) is 21.7 Å². The van der Waals surface area contributed by atoms with E-state index in [9.17, 15) is 0 Å². The van der Waals surface area contributed by atoms with Crippen molar-refractivity contribution in [1.29, 1.82) is 0 Å². The Kier molecular flexibility index (Phi) is 2.00. The summed E-state index contributed by atoms with van der Waals surface area (Å²) in [5, 5.41) is 2.86. The van der Waals surface area contributed by atoms with Crippen LogP contribution < -0.4 is 4.90 Å². The number of rotatable bonds is 0. The van der Waals surface area contributed by atoms with Crippen molar-refractivity contribution in [3.05, 3.63) is 82.6 Å². The normalized spacial score (nSPS) is 33.3. The lowest BCUT2D eigenvalue weighted by Crippen LogP contribution is -2.99. The molecule has 1 aliphatic carbocycles. The summed E-state index contributed by atoms with van der Waals surface area (Å²) in [6.45, 7) is 4.44. The second-order valence-electron chi connectivity index (χ2n) is 8.14. The van der Waals surface area contributed by atoms with Gasteiger partial charge in [-0.3, -0.25) is 4.90 Å². The maximum Gasteiger partial charge on any atom is 0.206 e. The molecule has 2 aromatic carbocycles. The van der Waals surface area contributed by atoms with Crippen LogP contribution in [0.5, 0.6) is 0 Å². The molecule has 0 saturated carbocycles. The van der Waals surface area contributed by atoms with Crippen molar-refractivity contribution in [2.45, 2.75) is 31.3 Å². The van der Waals surface area contributed by atoms with E-state index in [1.165, 1.54) is 31.3 Å². The average Bonchev–Trinajstić information content (AvgIpc) is 3.13. The van der Waals surface area contributed by atoms with E-state index in [0.29, 0.717) is 17.5 Å². The third kappa shape index (κ3) is 1.32. The molecule has 0 bridgehead atoms. The molecule has 1 saturated heterocycles. The van der Waals surface area contributed by atoms with Gasteiger partial charge in [0.05, 0.1) is 5.92 Å². The fraction of sp³-hybridized carbons (Fsp3) is 0.217. The SMILES string of the molecule is CC1=CC2c3cc4c(cc3C3C=CC35C(=C1)[NH+]25)sc1cc(C)ccc14. The number of hydrogen-bond acceptors (Lipinski definition) is 1. The van der Waals surface area contributed by atoms with E-state index in [1.807, 2.05) is 11.3 Å². The van der Waals surface area contributed by atoms with Gasteiger partial charge in [-0.05, 0) is 60.9 Å². The van der Waals surface area contributed by atoms with Crippen molar-refractivity contribution < 1.29 is 4.90 Å². The molecular weight excluding hydrogens is 322 g/mol. The van der Waals surface area contributed by atoms with Crippen LogP contribution in [0.4, 0.5) is 0 Å². The van der Waals surface area contributed by atoms with Gasteiger partial charge in [-0.1, -0.05) is 18.2 Å². The van der Waals surface area contributed by atoms with Crippen molar-refractivity contribution in [3.8, 4) is 0 Å². The zero-order chi connectivity index (χ0) is 16.5. The van der Waals surface area contributed by atoms with Crippen LogP contribution in [0.2, 0.25) is 0 Å². The number of aryl methyl sites for hydroxylation is 1. The summed E-state index contributed by atoms with van der Waals surface area (Å²) in [7, 11) is 0. The Morgan fingerprint density at radius 2 is 1.88 bits per heavy atom. The van der Waals surface area contributed by atoms with Crippen LogP contribution in [0.15, 0.2) is 65.9 Å². The van der Waals surface area contributed by atoms with Crippen molar-refractivity contribution in [1.82, 2.24) is 0 Å². The molecule has 1 fully saturated rings. The molecule has 4 aliphatic rings. The minimum Gasteiger partial charge on any atom is -0.274 e. The number of thiophene rings is 1. The largest absolute Gasteiger partial charge is 0.274 e. The van der Waals surface area contributed by atoms with Crippen molar-refractivity contribution in [2.75, 3.05) is 0 Å². The highest BCUT2D eigenvalue weighted by Gasteiger charge is 2.76. The molecule has 2 heteroatoms. The van der Waals surface area contributed by atoms with E-state index in [0.717, 1.165) is 0 Å². The topological polar surface area (TPSA) is 4.44 Å². The molecule has 4 heterocycles. The Hall–Kier alpha value is -2.16. The molecule has 1 aromatic heterocycles. The van der Waals surface area contributed by atoms with Gasteiger partial charge in [0.15, 0.2) is 5.70 Å². The van der Waals surface area contributed by atoms with Gasteiger partial charge in [-0.25, -0.2) is 0 Å². The monoisotopic (exact) mass is 340 g/mol. The fourth-order valence-electron chi connectivity index (χ4n) is 5.59. The molecule has 3 aliphatic heterocycles. The quantitative estimate of drug-likeness (QED) is 0.452. The molecule has 4 atom stereocenters. The van der Waals surface area contributed by atoms with Gasteiger partial charge in [-0.15, -0.1) is 11.3 Å². The molecule has 1 N–H and O–H groups in total. The predicted molar refractivity (Wildman–Crippen MR) is 104 cm³/mol. The number of allylic oxidation sites excluding steroid dienone is 2. The maximum absolute atomic E-state index is 2.51. The summed E-state index contributed by atoms with van der Waals surface area (Å²) < 4.78 is 2.87. The molecule has 0 radical (unpaired) electrons. The Morgan fingerprint density at radius 3 is 2.72 bits per heavy atom. The van der Waals surface area contributed by atoms with Gasteiger partial charge in [0.25, 0.3) is 0 Å². The number of fused-ring (bicyclic) bond motifs is 6. The van der Waals surface area contributed by atoms with Crippen LogP contribution in [-0.2, 0) is 0 Å².